The second kappa shape index (κ2) is 8.18. The van der Waals surface area contributed by atoms with Crippen molar-refractivity contribution < 1.29 is 17.6 Å². The van der Waals surface area contributed by atoms with Gasteiger partial charge in [0.25, 0.3) is 0 Å². The number of benzene rings is 1. The van der Waals surface area contributed by atoms with Crippen molar-refractivity contribution in [2.75, 3.05) is 23.3 Å². The van der Waals surface area contributed by atoms with Gasteiger partial charge >= 0.3 is 6.18 Å². The molecule has 1 aliphatic heterocycles. The van der Waals surface area contributed by atoms with E-state index in [1.807, 2.05) is 6.92 Å². The monoisotopic (exact) mass is 502 g/mol. The van der Waals surface area contributed by atoms with E-state index in [0.29, 0.717) is 29.0 Å². The summed E-state index contributed by atoms with van der Waals surface area (Å²) in [4.78, 5) is 7.03. The number of nitrogens with zero attached hydrogens (tertiary/aromatic N) is 5. The molecule has 2 fully saturated rings. The van der Waals surface area contributed by atoms with Crippen LogP contribution in [0.25, 0.3) is 16.8 Å². The van der Waals surface area contributed by atoms with Gasteiger partial charge in [-0.2, -0.15) is 22.5 Å². The third kappa shape index (κ3) is 4.01. The number of pyridine rings is 1. The van der Waals surface area contributed by atoms with Crippen LogP contribution in [0.5, 0.6) is 0 Å². The highest BCUT2D eigenvalue weighted by Gasteiger charge is 2.43. The maximum atomic E-state index is 13.8. The van der Waals surface area contributed by atoms with Crippen LogP contribution in [0.2, 0.25) is 0 Å². The Hall–Kier alpha value is -3.21. The molecule has 1 aromatic carbocycles. The molecule has 35 heavy (non-hydrogen) atoms. The Balaban J connectivity index is 1.27. The average Bonchev–Trinajstić information content (AvgIpc) is 3.48. The lowest BCUT2D eigenvalue weighted by atomic mass is 9.92. The smallest absolute Gasteiger partial charge is 0.361 e. The van der Waals surface area contributed by atoms with Crippen LogP contribution in [0.3, 0.4) is 0 Å². The van der Waals surface area contributed by atoms with Gasteiger partial charge in [0.1, 0.15) is 10.8 Å². The predicted molar refractivity (Wildman–Crippen MR) is 126 cm³/mol. The Morgan fingerprint density at radius 3 is 2.54 bits per heavy atom. The van der Waals surface area contributed by atoms with Crippen LogP contribution in [-0.4, -0.2) is 38.1 Å². The first kappa shape index (κ1) is 22.3. The molecule has 4 heterocycles. The predicted octanol–water partition coefficient (Wildman–Crippen LogP) is 5.65. The van der Waals surface area contributed by atoms with Crippen LogP contribution in [0.4, 0.5) is 28.5 Å². The molecule has 2 aliphatic rings. The average molecular weight is 503 g/mol. The molecule has 6 nitrogen and oxygen atoms in total. The minimum absolute atomic E-state index is 0.226. The van der Waals surface area contributed by atoms with E-state index in [-0.39, 0.29) is 11.6 Å². The first-order valence-corrected chi connectivity index (χ1v) is 12.2. The number of halogens is 4. The SMILES string of the molecule is Cc1cc(N2C[C@H]3CC[C@@H](C2)C3Nc2nc3c(-c4ccc(F)c(C(F)(F)F)c4)cccn3n2)sn1. The molecular weight excluding hydrogens is 480 g/mol. The zero-order chi connectivity index (χ0) is 24.3. The van der Waals surface area contributed by atoms with Gasteiger partial charge in [0, 0.05) is 30.9 Å². The highest BCUT2D eigenvalue weighted by atomic mass is 32.1. The molecule has 1 N–H and O–H groups in total. The number of aryl methyl sites for hydroxylation is 1. The van der Waals surface area contributed by atoms with Crippen LogP contribution >= 0.6 is 11.5 Å². The molecule has 11 heteroatoms. The quantitative estimate of drug-likeness (QED) is 0.366. The molecular formula is C24H22F4N6S. The van der Waals surface area contributed by atoms with Crippen molar-refractivity contribution in [1.82, 2.24) is 19.0 Å². The van der Waals surface area contributed by atoms with Crippen molar-refractivity contribution in [2.45, 2.75) is 32.0 Å². The topological polar surface area (TPSA) is 58.4 Å². The summed E-state index contributed by atoms with van der Waals surface area (Å²) >= 11 is 1.53. The molecule has 182 valence electrons. The summed E-state index contributed by atoms with van der Waals surface area (Å²) in [5.74, 6) is 0.0225. The standard InChI is InChI=1S/C24H22F4N6S/c1-13-9-20(35-32-13)33-11-15-4-5-16(12-33)21(15)29-23-30-22-17(3-2-8-34(22)31-23)14-6-7-19(25)18(10-14)24(26,27)28/h2-3,6-10,15-16,21H,4-5,11-12H2,1H3,(H,29,31)/t15-,16+,21?. The maximum absolute atomic E-state index is 13.8. The van der Waals surface area contributed by atoms with Gasteiger partial charge in [0.15, 0.2) is 5.65 Å². The molecule has 6 rings (SSSR count). The molecule has 3 aromatic heterocycles. The van der Waals surface area contributed by atoms with Crippen molar-refractivity contribution in [3.63, 3.8) is 0 Å². The van der Waals surface area contributed by atoms with Crippen molar-refractivity contribution >= 4 is 28.1 Å². The van der Waals surface area contributed by atoms with Gasteiger partial charge < -0.3 is 10.2 Å². The number of anilines is 2. The molecule has 1 saturated carbocycles. The van der Waals surface area contributed by atoms with E-state index in [1.54, 1.807) is 22.8 Å². The zero-order valence-corrected chi connectivity index (χ0v) is 19.6. The minimum atomic E-state index is -4.78. The maximum Gasteiger partial charge on any atom is 0.419 e. The normalized spacial score (nSPS) is 22.2. The molecule has 1 unspecified atom stereocenters. The lowest BCUT2D eigenvalue weighted by Crippen LogP contribution is -2.48. The highest BCUT2D eigenvalue weighted by molar-refractivity contribution is 7.10. The van der Waals surface area contributed by atoms with Gasteiger partial charge in [-0.25, -0.2) is 8.91 Å². The first-order valence-electron chi connectivity index (χ1n) is 11.4. The first-order chi connectivity index (χ1) is 16.8. The van der Waals surface area contributed by atoms with Crippen LogP contribution in [0.1, 0.15) is 24.1 Å². The molecule has 0 spiro atoms. The van der Waals surface area contributed by atoms with Crippen LogP contribution in [-0.2, 0) is 6.18 Å². The zero-order valence-electron chi connectivity index (χ0n) is 18.8. The molecule has 1 saturated heterocycles. The number of rotatable bonds is 4. The molecule has 4 aromatic rings. The second-order valence-electron chi connectivity index (χ2n) is 9.30. The number of fused-ring (bicyclic) bond motifs is 3. The van der Waals surface area contributed by atoms with Gasteiger partial charge in [0.2, 0.25) is 5.95 Å². The summed E-state index contributed by atoms with van der Waals surface area (Å²) in [6.45, 7) is 3.87. The number of nitrogens with one attached hydrogen (secondary N) is 1. The summed E-state index contributed by atoms with van der Waals surface area (Å²) in [5.41, 5.74) is 0.841. The van der Waals surface area contributed by atoms with Gasteiger partial charge in [0.05, 0.1) is 11.3 Å². The molecule has 0 amide bonds. The summed E-state index contributed by atoms with van der Waals surface area (Å²) in [6, 6.07) is 8.71. The Bertz CT molecular complexity index is 1380. The number of piperidine rings is 1. The Morgan fingerprint density at radius 2 is 1.86 bits per heavy atom. The van der Waals surface area contributed by atoms with Gasteiger partial charge in [-0.3, -0.25) is 0 Å². The summed E-state index contributed by atoms with van der Waals surface area (Å²) < 4.78 is 59.5. The van der Waals surface area contributed by atoms with Gasteiger partial charge in [-0.05, 0) is 79.0 Å². The van der Waals surface area contributed by atoms with Crippen molar-refractivity contribution in [3.8, 4) is 11.1 Å². The van der Waals surface area contributed by atoms with E-state index in [0.717, 1.165) is 43.8 Å². The van der Waals surface area contributed by atoms with Crippen molar-refractivity contribution in [1.29, 1.82) is 0 Å². The van der Waals surface area contributed by atoms with Crippen molar-refractivity contribution in [3.05, 3.63) is 59.7 Å². The number of alkyl halides is 3. The second-order valence-corrected chi connectivity index (χ2v) is 10.1. The Kier molecular flexibility index (Phi) is 5.21. The minimum Gasteiger partial charge on any atom is -0.361 e. The Morgan fingerprint density at radius 1 is 1.09 bits per heavy atom. The number of aromatic nitrogens is 4. The third-order valence-corrected chi connectivity index (χ3v) is 7.94. The van der Waals surface area contributed by atoms with Crippen LogP contribution in [0.15, 0.2) is 42.6 Å². The molecule has 2 bridgehead atoms. The summed E-state index contributed by atoms with van der Waals surface area (Å²) in [6.07, 6.45) is -0.845. The van der Waals surface area contributed by atoms with Gasteiger partial charge in [-0.15, -0.1) is 5.10 Å². The highest BCUT2D eigenvalue weighted by Crippen LogP contribution is 2.41. The van der Waals surface area contributed by atoms with Gasteiger partial charge in [-0.1, -0.05) is 6.07 Å². The van der Waals surface area contributed by atoms with E-state index in [1.165, 1.54) is 22.6 Å². The fourth-order valence-electron chi connectivity index (χ4n) is 5.39. The van der Waals surface area contributed by atoms with E-state index in [2.05, 4.69) is 30.7 Å². The van der Waals surface area contributed by atoms with E-state index >= 15 is 0 Å². The molecule has 0 radical (unpaired) electrons. The molecule has 3 atom stereocenters. The fourth-order valence-corrected chi connectivity index (χ4v) is 6.17. The largest absolute Gasteiger partial charge is 0.419 e. The third-order valence-electron chi connectivity index (χ3n) is 7.00. The van der Waals surface area contributed by atoms with E-state index in [9.17, 15) is 17.6 Å². The van der Waals surface area contributed by atoms with Crippen LogP contribution in [0, 0.1) is 24.6 Å². The lowest BCUT2D eigenvalue weighted by Gasteiger charge is -2.38. The fraction of sp³-hybridized carbons (Fsp3) is 0.375. The molecule has 1 aliphatic carbocycles. The summed E-state index contributed by atoms with van der Waals surface area (Å²) in [7, 11) is 0. The lowest BCUT2D eigenvalue weighted by molar-refractivity contribution is -0.139. The van der Waals surface area contributed by atoms with E-state index < -0.39 is 17.6 Å². The number of hydrogen-bond donors (Lipinski definition) is 1. The Labute approximate surface area is 202 Å². The number of hydrogen-bond acceptors (Lipinski definition) is 6. The van der Waals surface area contributed by atoms with E-state index in [4.69, 9.17) is 0 Å². The van der Waals surface area contributed by atoms with Crippen LogP contribution < -0.4 is 10.2 Å². The van der Waals surface area contributed by atoms with Crippen molar-refractivity contribution in [2.24, 2.45) is 11.8 Å². The summed E-state index contributed by atoms with van der Waals surface area (Å²) in [5, 5.41) is 9.25.